The van der Waals surface area contributed by atoms with Crippen molar-refractivity contribution in [3.05, 3.63) is 65.7 Å². The van der Waals surface area contributed by atoms with Crippen LogP contribution in [0.5, 0.6) is 5.75 Å². The van der Waals surface area contributed by atoms with Crippen molar-refractivity contribution in [1.29, 1.82) is 0 Å². The molecule has 1 atom stereocenters. The second-order valence-corrected chi connectivity index (χ2v) is 8.27. The molecule has 2 aliphatic rings. The number of carbonyl (C=O) groups excluding carboxylic acids is 1. The average Bonchev–Trinajstić information content (AvgIpc) is 3.30. The summed E-state index contributed by atoms with van der Waals surface area (Å²) in [7, 11) is 0. The van der Waals surface area contributed by atoms with Gasteiger partial charge in [-0.1, -0.05) is 42.5 Å². The minimum atomic E-state index is 0.243. The largest absolute Gasteiger partial charge is 0.494 e. The number of ether oxygens (including phenoxy) is 1. The monoisotopic (exact) mass is 407 g/mol. The molecule has 4 rings (SSSR count). The number of nitrogens with zero attached hydrogens (tertiary/aromatic N) is 3. The van der Waals surface area contributed by atoms with Gasteiger partial charge in [-0.05, 0) is 55.9 Å². The molecule has 160 valence electrons. The Kier molecular flexibility index (Phi) is 7.03. The van der Waals surface area contributed by atoms with Gasteiger partial charge in [-0.2, -0.15) is 0 Å². The molecule has 5 heteroatoms. The van der Waals surface area contributed by atoms with E-state index in [0.29, 0.717) is 19.2 Å². The molecule has 2 heterocycles. The number of benzene rings is 2. The standard InChI is InChI=1S/C25H33N3O2/c1-2-30-24-12-10-22(11-13-24)19-23(18-21-8-4-3-5-9-21)26-16-17-28(25(29)20-26)27-14-6-7-15-27/h3-5,8-13,23H,2,6-7,14-20H2,1H3. The number of carbonyl (C=O) groups is 1. The summed E-state index contributed by atoms with van der Waals surface area (Å²) in [6.45, 7) is 6.95. The van der Waals surface area contributed by atoms with Crippen LogP contribution in [0.4, 0.5) is 0 Å². The van der Waals surface area contributed by atoms with Gasteiger partial charge in [0.2, 0.25) is 0 Å². The number of hydrazine groups is 1. The Morgan fingerprint density at radius 2 is 1.53 bits per heavy atom. The zero-order chi connectivity index (χ0) is 20.8. The van der Waals surface area contributed by atoms with Crippen molar-refractivity contribution in [2.45, 2.75) is 38.6 Å². The van der Waals surface area contributed by atoms with E-state index in [2.05, 4.69) is 64.5 Å². The molecule has 0 saturated carbocycles. The third kappa shape index (κ3) is 5.21. The molecule has 2 fully saturated rings. The van der Waals surface area contributed by atoms with E-state index in [4.69, 9.17) is 4.74 Å². The number of piperazine rings is 1. The van der Waals surface area contributed by atoms with Gasteiger partial charge in [0.1, 0.15) is 5.75 Å². The number of rotatable bonds is 8. The summed E-state index contributed by atoms with van der Waals surface area (Å²) in [5, 5.41) is 4.25. The minimum Gasteiger partial charge on any atom is -0.494 e. The molecule has 0 aromatic heterocycles. The molecule has 2 aliphatic heterocycles. The second-order valence-electron chi connectivity index (χ2n) is 8.27. The predicted octanol–water partition coefficient (Wildman–Crippen LogP) is 3.39. The summed E-state index contributed by atoms with van der Waals surface area (Å²) < 4.78 is 5.59. The van der Waals surface area contributed by atoms with Gasteiger partial charge in [0, 0.05) is 25.7 Å². The van der Waals surface area contributed by atoms with Crippen LogP contribution < -0.4 is 4.74 Å². The van der Waals surface area contributed by atoms with Gasteiger partial charge >= 0.3 is 0 Å². The van der Waals surface area contributed by atoms with Gasteiger partial charge in [0.15, 0.2) is 0 Å². The summed E-state index contributed by atoms with van der Waals surface area (Å²) in [4.78, 5) is 15.3. The fourth-order valence-corrected chi connectivity index (χ4v) is 4.61. The predicted molar refractivity (Wildman–Crippen MR) is 119 cm³/mol. The normalized spacial score (nSPS) is 19.2. The quantitative estimate of drug-likeness (QED) is 0.672. The van der Waals surface area contributed by atoms with E-state index in [1.807, 2.05) is 11.9 Å². The fourth-order valence-electron chi connectivity index (χ4n) is 4.61. The van der Waals surface area contributed by atoms with Gasteiger partial charge in [0.05, 0.1) is 19.7 Å². The van der Waals surface area contributed by atoms with Crippen LogP contribution in [0.2, 0.25) is 0 Å². The van der Waals surface area contributed by atoms with Crippen molar-refractivity contribution in [3.63, 3.8) is 0 Å². The minimum absolute atomic E-state index is 0.243. The molecule has 5 nitrogen and oxygen atoms in total. The first-order chi connectivity index (χ1) is 14.7. The summed E-state index contributed by atoms with van der Waals surface area (Å²) in [6.07, 6.45) is 4.27. The molecular weight excluding hydrogens is 374 g/mol. The van der Waals surface area contributed by atoms with Crippen LogP contribution in [-0.2, 0) is 17.6 Å². The van der Waals surface area contributed by atoms with E-state index in [9.17, 15) is 4.79 Å². The lowest BCUT2D eigenvalue weighted by molar-refractivity contribution is -0.155. The highest BCUT2D eigenvalue weighted by Gasteiger charge is 2.32. The van der Waals surface area contributed by atoms with E-state index >= 15 is 0 Å². The Labute approximate surface area is 180 Å². The van der Waals surface area contributed by atoms with Crippen LogP contribution in [0.15, 0.2) is 54.6 Å². The second kappa shape index (κ2) is 10.1. The van der Waals surface area contributed by atoms with E-state index < -0.39 is 0 Å². The van der Waals surface area contributed by atoms with Crippen LogP contribution in [0.25, 0.3) is 0 Å². The Hall–Kier alpha value is -2.37. The number of amides is 1. The summed E-state index contributed by atoms with van der Waals surface area (Å²) in [5.41, 5.74) is 2.61. The number of hydrogen-bond donors (Lipinski definition) is 0. The topological polar surface area (TPSA) is 36.0 Å². The highest BCUT2D eigenvalue weighted by molar-refractivity contribution is 5.78. The summed E-state index contributed by atoms with van der Waals surface area (Å²) >= 11 is 0. The van der Waals surface area contributed by atoms with Crippen molar-refractivity contribution < 1.29 is 9.53 Å². The first-order valence-corrected chi connectivity index (χ1v) is 11.3. The Morgan fingerprint density at radius 3 is 2.17 bits per heavy atom. The zero-order valence-electron chi connectivity index (χ0n) is 18.0. The lowest BCUT2D eigenvalue weighted by Gasteiger charge is -2.42. The van der Waals surface area contributed by atoms with Crippen LogP contribution in [-0.4, -0.2) is 66.2 Å². The zero-order valence-corrected chi connectivity index (χ0v) is 18.0. The Bertz CT molecular complexity index is 803. The molecule has 1 amide bonds. The van der Waals surface area contributed by atoms with E-state index in [-0.39, 0.29) is 5.91 Å². The lowest BCUT2D eigenvalue weighted by Crippen LogP contribution is -2.58. The SMILES string of the molecule is CCOc1ccc(CC(Cc2ccccc2)N2CCN(N3CCCC3)C(=O)C2)cc1. The van der Waals surface area contributed by atoms with Gasteiger partial charge in [-0.25, -0.2) is 5.01 Å². The van der Waals surface area contributed by atoms with Crippen LogP contribution >= 0.6 is 0 Å². The molecule has 2 aromatic carbocycles. The van der Waals surface area contributed by atoms with E-state index in [0.717, 1.165) is 44.8 Å². The fraction of sp³-hybridized carbons (Fsp3) is 0.480. The molecule has 0 bridgehead atoms. The van der Waals surface area contributed by atoms with Crippen LogP contribution in [0.1, 0.15) is 30.9 Å². The lowest BCUT2D eigenvalue weighted by atomic mass is 9.97. The molecular formula is C25H33N3O2. The Morgan fingerprint density at radius 1 is 0.867 bits per heavy atom. The first-order valence-electron chi connectivity index (χ1n) is 11.3. The van der Waals surface area contributed by atoms with Gasteiger partial charge in [0.25, 0.3) is 5.91 Å². The maximum atomic E-state index is 12.9. The summed E-state index contributed by atoms with van der Waals surface area (Å²) in [6, 6.07) is 19.3. The van der Waals surface area contributed by atoms with Gasteiger partial charge in [-0.3, -0.25) is 14.7 Å². The molecule has 0 N–H and O–H groups in total. The van der Waals surface area contributed by atoms with Gasteiger partial charge in [-0.15, -0.1) is 0 Å². The van der Waals surface area contributed by atoms with Crippen molar-refractivity contribution in [2.24, 2.45) is 0 Å². The molecule has 2 aromatic rings. The van der Waals surface area contributed by atoms with Crippen molar-refractivity contribution in [2.75, 3.05) is 39.3 Å². The maximum absolute atomic E-state index is 12.9. The number of hydrogen-bond acceptors (Lipinski definition) is 4. The molecule has 0 radical (unpaired) electrons. The third-order valence-corrected chi connectivity index (χ3v) is 6.19. The van der Waals surface area contributed by atoms with Crippen molar-refractivity contribution in [3.8, 4) is 5.75 Å². The van der Waals surface area contributed by atoms with Gasteiger partial charge < -0.3 is 4.74 Å². The molecule has 2 saturated heterocycles. The molecule has 30 heavy (non-hydrogen) atoms. The van der Waals surface area contributed by atoms with Crippen LogP contribution in [0.3, 0.4) is 0 Å². The van der Waals surface area contributed by atoms with E-state index in [1.165, 1.54) is 24.0 Å². The Balaban J connectivity index is 1.46. The highest BCUT2D eigenvalue weighted by Crippen LogP contribution is 2.21. The molecule has 1 unspecified atom stereocenters. The molecule has 0 spiro atoms. The highest BCUT2D eigenvalue weighted by atomic mass is 16.5. The molecule has 0 aliphatic carbocycles. The third-order valence-electron chi connectivity index (χ3n) is 6.19. The van der Waals surface area contributed by atoms with Crippen LogP contribution in [0, 0.1) is 0 Å². The summed E-state index contributed by atoms with van der Waals surface area (Å²) in [5.74, 6) is 1.16. The van der Waals surface area contributed by atoms with Crippen molar-refractivity contribution >= 4 is 5.91 Å². The van der Waals surface area contributed by atoms with E-state index in [1.54, 1.807) is 0 Å². The smallest absolute Gasteiger partial charge is 0.251 e. The average molecular weight is 408 g/mol. The van der Waals surface area contributed by atoms with Crippen molar-refractivity contribution in [1.82, 2.24) is 14.9 Å². The maximum Gasteiger partial charge on any atom is 0.251 e. The first kappa shape index (κ1) is 20.9.